The van der Waals surface area contributed by atoms with Crippen LogP contribution in [0.2, 0.25) is 0 Å². The van der Waals surface area contributed by atoms with Crippen LogP contribution in [0, 0.1) is 0 Å². The summed E-state index contributed by atoms with van der Waals surface area (Å²) in [6.45, 7) is 0.160. The normalized spacial score (nSPS) is 20.2. The molecule has 3 atom stereocenters. The van der Waals surface area contributed by atoms with Crippen LogP contribution in [0.4, 0.5) is 0 Å². The van der Waals surface area contributed by atoms with E-state index in [0.717, 1.165) is 27.6 Å². The number of methoxy groups -OCH3 is 1. The standard InChI is InChI=1S/C34H37N5O5/c1-44-26-13-11-23(12-14-26)17-25-21-36-31(40)15-16-32(41)38-30(19-24-20-35-28-10-6-5-9-27(24)28)34(43)39-29(33(42)37-25)18-22-7-3-2-4-8-22/h2-14,20,25,29-30,35H,15-19,21H2,1H3,(H,36,40)(H,37,42)(H,38,41)(H,39,43)/t25?,29-,30-/m0/s1. The van der Waals surface area contributed by atoms with E-state index in [4.69, 9.17) is 4.74 Å². The molecule has 0 aliphatic carbocycles. The lowest BCUT2D eigenvalue weighted by Gasteiger charge is -2.27. The van der Waals surface area contributed by atoms with Gasteiger partial charge in [0.15, 0.2) is 0 Å². The van der Waals surface area contributed by atoms with E-state index in [-0.39, 0.29) is 44.0 Å². The molecule has 0 saturated carbocycles. The first kappa shape index (κ1) is 30.3. The second-order valence-corrected chi connectivity index (χ2v) is 11.0. The van der Waals surface area contributed by atoms with E-state index in [1.54, 1.807) is 7.11 Å². The van der Waals surface area contributed by atoms with Crippen molar-refractivity contribution in [2.45, 2.75) is 50.2 Å². The fraction of sp³-hybridized carbons (Fsp3) is 0.294. The smallest absolute Gasteiger partial charge is 0.243 e. The molecule has 10 heteroatoms. The van der Waals surface area contributed by atoms with Gasteiger partial charge in [-0.3, -0.25) is 19.2 Å². The number of amides is 4. The molecule has 1 aliphatic heterocycles. The molecular weight excluding hydrogens is 558 g/mol. The molecule has 1 aliphatic rings. The molecule has 44 heavy (non-hydrogen) atoms. The maximum atomic E-state index is 13.8. The zero-order valence-corrected chi connectivity index (χ0v) is 24.6. The molecule has 228 valence electrons. The van der Waals surface area contributed by atoms with Gasteiger partial charge in [-0.15, -0.1) is 0 Å². The average molecular weight is 596 g/mol. The molecule has 1 aromatic heterocycles. The molecule has 5 rings (SSSR count). The first-order valence-electron chi connectivity index (χ1n) is 14.8. The molecule has 0 bridgehead atoms. The number of aromatic nitrogens is 1. The molecule has 4 aromatic rings. The summed E-state index contributed by atoms with van der Waals surface area (Å²) in [6, 6.07) is 22.3. The summed E-state index contributed by atoms with van der Waals surface area (Å²) < 4.78 is 5.26. The highest BCUT2D eigenvalue weighted by molar-refractivity contribution is 5.94. The molecule has 4 amide bonds. The van der Waals surface area contributed by atoms with Gasteiger partial charge in [-0.05, 0) is 41.3 Å². The van der Waals surface area contributed by atoms with Gasteiger partial charge in [0.1, 0.15) is 17.8 Å². The summed E-state index contributed by atoms with van der Waals surface area (Å²) >= 11 is 0. The predicted octanol–water partition coefficient (Wildman–Crippen LogP) is 2.57. The van der Waals surface area contributed by atoms with Crippen LogP contribution < -0.4 is 26.0 Å². The van der Waals surface area contributed by atoms with E-state index in [1.807, 2.05) is 85.1 Å². The highest BCUT2D eigenvalue weighted by Crippen LogP contribution is 2.20. The molecule has 3 aromatic carbocycles. The fourth-order valence-corrected chi connectivity index (χ4v) is 5.40. The van der Waals surface area contributed by atoms with E-state index in [9.17, 15) is 19.2 Å². The van der Waals surface area contributed by atoms with Crippen molar-refractivity contribution in [3.05, 3.63) is 102 Å². The van der Waals surface area contributed by atoms with Crippen molar-refractivity contribution >= 4 is 34.5 Å². The Hall–Kier alpha value is -5.12. The van der Waals surface area contributed by atoms with Crippen LogP contribution in [0.5, 0.6) is 5.75 Å². The number of para-hydroxylation sites is 1. The van der Waals surface area contributed by atoms with Gasteiger partial charge in [0.2, 0.25) is 23.6 Å². The van der Waals surface area contributed by atoms with Crippen LogP contribution in [0.25, 0.3) is 10.9 Å². The van der Waals surface area contributed by atoms with Gasteiger partial charge in [-0.25, -0.2) is 0 Å². The Kier molecular flexibility index (Phi) is 9.91. The van der Waals surface area contributed by atoms with Crippen LogP contribution in [0.15, 0.2) is 85.1 Å². The molecule has 1 saturated heterocycles. The molecule has 10 nitrogen and oxygen atoms in total. The molecule has 2 heterocycles. The number of hydrogen-bond donors (Lipinski definition) is 5. The number of carbonyl (C=O) groups is 4. The minimum absolute atomic E-state index is 0.0485. The zero-order chi connectivity index (χ0) is 30.9. The Balaban J connectivity index is 1.42. The molecule has 5 N–H and O–H groups in total. The first-order valence-corrected chi connectivity index (χ1v) is 14.8. The van der Waals surface area contributed by atoms with Crippen molar-refractivity contribution in [2.75, 3.05) is 13.7 Å². The third-order valence-electron chi connectivity index (χ3n) is 7.78. The number of carbonyl (C=O) groups excluding carboxylic acids is 4. The zero-order valence-electron chi connectivity index (χ0n) is 24.6. The van der Waals surface area contributed by atoms with Gasteiger partial charge in [0, 0.05) is 49.3 Å². The number of benzene rings is 3. The summed E-state index contributed by atoms with van der Waals surface area (Å²) in [5, 5.41) is 12.6. The monoisotopic (exact) mass is 595 g/mol. The highest BCUT2D eigenvalue weighted by Gasteiger charge is 2.30. The van der Waals surface area contributed by atoms with Gasteiger partial charge < -0.3 is 31.0 Å². The second-order valence-electron chi connectivity index (χ2n) is 11.0. The molecule has 0 spiro atoms. The van der Waals surface area contributed by atoms with Crippen molar-refractivity contribution in [2.24, 2.45) is 0 Å². The van der Waals surface area contributed by atoms with Crippen molar-refractivity contribution in [1.29, 1.82) is 0 Å². The third-order valence-corrected chi connectivity index (χ3v) is 7.78. The lowest BCUT2D eigenvalue weighted by molar-refractivity contribution is -0.133. The maximum Gasteiger partial charge on any atom is 0.243 e. The van der Waals surface area contributed by atoms with Crippen LogP contribution in [0.1, 0.15) is 29.5 Å². The lowest BCUT2D eigenvalue weighted by atomic mass is 10.0. The molecular formula is C34H37N5O5. The van der Waals surface area contributed by atoms with Crippen LogP contribution in [-0.4, -0.2) is 60.4 Å². The molecule has 0 radical (unpaired) electrons. The lowest BCUT2D eigenvalue weighted by Crippen LogP contribution is -2.57. The molecule has 1 fully saturated rings. The second kappa shape index (κ2) is 14.4. The van der Waals surface area contributed by atoms with E-state index in [1.165, 1.54) is 0 Å². The minimum atomic E-state index is -0.964. The summed E-state index contributed by atoms with van der Waals surface area (Å²) in [6.07, 6.45) is 2.58. The van der Waals surface area contributed by atoms with Gasteiger partial charge in [-0.2, -0.15) is 0 Å². The van der Waals surface area contributed by atoms with Gasteiger partial charge >= 0.3 is 0 Å². The predicted molar refractivity (Wildman–Crippen MR) is 167 cm³/mol. The number of aromatic amines is 1. The Morgan fingerprint density at radius 1 is 0.682 bits per heavy atom. The summed E-state index contributed by atoms with van der Waals surface area (Å²) in [4.78, 5) is 56.5. The van der Waals surface area contributed by atoms with Gasteiger partial charge in [0.25, 0.3) is 0 Å². The summed E-state index contributed by atoms with van der Waals surface area (Å²) in [5.41, 5.74) is 3.57. The Labute approximate surface area is 255 Å². The van der Waals surface area contributed by atoms with Crippen molar-refractivity contribution in [1.82, 2.24) is 26.3 Å². The van der Waals surface area contributed by atoms with Crippen LogP contribution in [0.3, 0.4) is 0 Å². The topological polar surface area (TPSA) is 141 Å². The van der Waals surface area contributed by atoms with Crippen molar-refractivity contribution in [3.63, 3.8) is 0 Å². The fourth-order valence-electron chi connectivity index (χ4n) is 5.40. The van der Waals surface area contributed by atoms with Crippen LogP contribution in [-0.2, 0) is 38.4 Å². The van der Waals surface area contributed by atoms with E-state index in [2.05, 4.69) is 26.3 Å². The number of nitrogens with one attached hydrogen (secondary N) is 5. The van der Waals surface area contributed by atoms with Gasteiger partial charge in [-0.1, -0.05) is 60.7 Å². The quantitative estimate of drug-likeness (QED) is 0.223. The average Bonchev–Trinajstić information content (AvgIpc) is 3.45. The number of hydrogen-bond acceptors (Lipinski definition) is 5. The number of ether oxygens (including phenoxy) is 1. The minimum Gasteiger partial charge on any atom is -0.497 e. The van der Waals surface area contributed by atoms with E-state index in [0.29, 0.717) is 12.2 Å². The van der Waals surface area contributed by atoms with E-state index < -0.39 is 29.9 Å². The summed E-state index contributed by atoms with van der Waals surface area (Å²) in [7, 11) is 1.59. The Morgan fingerprint density at radius 2 is 1.34 bits per heavy atom. The SMILES string of the molecule is COc1ccc(CC2CNC(=O)CCC(=O)N[C@@H](Cc3c[nH]c4ccccc34)C(=O)N[C@@H](Cc3ccccc3)C(=O)N2)cc1. The molecule has 1 unspecified atom stereocenters. The summed E-state index contributed by atoms with van der Waals surface area (Å²) in [5.74, 6) is -0.888. The number of fused-ring (bicyclic) bond motifs is 1. The van der Waals surface area contributed by atoms with Crippen molar-refractivity contribution in [3.8, 4) is 5.75 Å². The number of H-pyrrole nitrogens is 1. The maximum absolute atomic E-state index is 13.8. The Morgan fingerprint density at radius 3 is 2.11 bits per heavy atom. The Bertz CT molecular complexity index is 1600. The highest BCUT2D eigenvalue weighted by atomic mass is 16.5. The van der Waals surface area contributed by atoms with Crippen LogP contribution >= 0.6 is 0 Å². The van der Waals surface area contributed by atoms with Gasteiger partial charge in [0.05, 0.1) is 13.2 Å². The van der Waals surface area contributed by atoms with Crippen molar-refractivity contribution < 1.29 is 23.9 Å². The third kappa shape index (κ3) is 8.03. The van der Waals surface area contributed by atoms with E-state index >= 15 is 0 Å². The first-order chi connectivity index (χ1) is 21.4. The largest absolute Gasteiger partial charge is 0.497 e. The number of rotatable bonds is 7.